The molecular formula is C46H32S2. The number of thioether (sulfide) groups is 1. The van der Waals surface area contributed by atoms with Crippen molar-refractivity contribution in [2.75, 3.05) is 0 Å². The summed E-state index contributed by atoms with van der Waals surface area (Å²) >= 11 is 3.96. The van der Waals surface area contributed by atoms with Crippen LogP contribution in [0.15, 0.2) is 163 Å². The highest BCUT2D eigenvalue weighted by Crippen LogP contribution is 2.60. The molecule has 3 atom stereocenters. The largest absolute Gasteiger partial charge is 0.134 e. The number of thiophene rings is 1. The van der Waals surface area contributed by atoms with Crippen molar-refractivity contribution < 1.29 is 0 Å². The summed E-state index contributed by atoms with van der Waals surface area (Å²) in [6, 6.07) is 36.1. The fourth-order valence-corrected chi connectivity index (χ4v) is 11.4. The van der Waals surface area contributed by atoms with Crippen molar-refractivity contribution in [2.45, 2.75) is 17.2 Å². The fourth-order valence-electron chi connectivity index (χ4n) is 8.71. The number of hydrogen-bond donors (Lipinski definition) is 0. The van der Waals surface area contributed by atoms with Gasteiger partial charge in [-0.2, -0.15) is 0 Å². The quantitative estimate of drug-likeness (QED) is 0.135. The molecule has 3 unspecified atom stereocenters. The maximum Gasteiger partial charge on any atom is 0.0504 e. The average molecular weight is 649 g/mol. The Hall–Kier alpha value is -4.89. The molecule has 1 aromatic heterocycles. The van der Waals surface area contributed by atoms with E-state index >= 15 is 0 Å². The predicted molar refractivity (Wildman–Crippen MR) is 212 cm³/mol. The van der Waals surface area contributed by atoms with Crippen molar-refractivity contribution in [3.8, 4) is 0 Å². The Kier molecular flexibility index (Phi) is 6.34. The Balaban J connectivity index is 1.19. The molecule has 48 heavy (non-hydrogen) atoms. The van der Waals surface area contributed by atoms with Gasteiger partial charge in [-0.05, 0) is 77.5 Å². The summed E-state index contributed by atoms with van der Waals surface area (Å²) in [5.41, 5.74) is 6.93. The highest BCUT2D eigenvalue weighted by atomic mass is 32.2. The lowest BCUT2D eigenvalue weighted by molar-refractivity contribution is 0.689. The second-order valence-corrected chi connectivity index (χ2v) is 15.3. The molecule has 2 heteroatoms. The zero-order valence-electron chi connectivity index (χ0n) is 26.4. The molecule has 3 aliphatic rings. The topological polar surface area (TPSA) is 0 Å². The SMILES string of the molecule is C=CC1C=CC=C(c2c3ccccc3c(C3=CC=C4Sc5c(c6ccccc6c6c5sc5ccccc56)C4C3)c3ccccc23)C1C=C. The van der Waals surface area contributed by atoms with Crippen LogP contribution in [-0.4, -0.2) is 0 Å². The number of fused-ring (bicyclic) bond motifs is 12. The van der Waals surface area contributed by atoms with Crippen molar-refractivity contribution >= 4 is 86.7 Å². The molecule has 7 aromatic rings. The van der Waals surface area contributed by atoms with Gasteiger partial charge in [0.15, 0.2) is 0 Å². The molecule has 2 aliphatic carbocycles. The second kappa shape index (κ2) is 10.8. The molecule has 0 nitrogen and oxygen atoms in total. The maximum atomic E-state index is 4.27. The molecule has 0 radical (unpaired) electrons. The lowest BCUT2D eigenvalue weighted by Crippen LogP contribution is -2.13. The van der Waals surface area contributed by atoms with E-state index in [9.17, 15) is 0 Å². The molecule has 0 amide bonds. The number of hydrogen-bond acceptors (Lipinski definition) is 2. The van der Waals surface area contributed by atoms with Gasteiger partial charge in [-0.15, -0.1) is 24.5 Å². The molecule has 0 spiro atoms. The average Bonchev–Trinajstić information content (AvgIpc) is 3.73. The molecule has 0 saturated heterocycles. The highest BCUT2D eigenvalue weighted by molar-refractivity contribution is 8.03. The van der Waals surface area contributed by atoms with E-state index in [4.69, 9.17) is 0 Å². The Morgan fingerprint density at radius 3 is 1.94 bits per heavy atom. The van der Waals surface area contributed by atoms with Gasteiger partial charge in [0.25, 0.3) is 0 Å². The van der Waals surface area contributed by atoms with Crippen LogP contribution in [0.25, 0.3) is 63.6 Å². The summed E-state index contributed by atoms with van der Waals surface area (Å²) in [6.45, 7) is 8.43. The van der Waals surface area contributed by atoms with Gasteiger partial charge in [0, 0.05) is 38.1 Å². The van der Waals surface area contributed by atoms with Gasteiger partial charge in [0.05, 0.1) is 4.70 Å². The van der Waals surface area contributed by atoms with E-state index in [2.05, 4.69) is 153 Å². The molecule has 228 valence electrons. The smallest absolute Gasteiger partial charge is 0.0504 e. The summed E-state index contributed by atoms with van der Waals surface area (Å²) < 4.78 is 2.81. The van der Waals surface area contributed by atoms with Crippen molar-refractivity contribution in [3.05, 3.63) is 174 Å². The third kappa shape index (κ3) is 3.91. The number of allylic oxidation sites excluding steroid dienone is 10. The van der Waals surface area contributed by atoms with Crippen LogP contribution in [0.2, 0.25) is 0 Å². The standard InChI is InChI=1S/C46H32S2/c1-3-27-14-13-22-30(29(27)4-2)42-33-17-7-5-15-31(33)41(32-16-6-8-18-34(32)42)28-24-25-40-38(26-28)44-36-20-10-9-19-35(36)43-37-21-11-12-23-39(37)47-45(43)46(44)48-40/h3-25,27,29,38H,1-2,26H2. The molecule has 2 heterocycles. The lowest BCUT2D eigenvalue weighted by atomic mass is 9.75. The van der Waals surface area contributed by atoms with Crippen LogP contribution in [-0.2, 0) is 0 Å². The molecule has 0 saturated carbocycles. The first-order valence-electron chi connectivity index (χ1n) is 16.8. The number of rotatable bonds is 4. The zero-order valence-corrected chi connectivity index (χ0v) is 28.1. The second-order valence-electron chi connectivity index (χ2n) is 13.1. The molecule has 1 aliphatic heterocycles. The van der Waals surface area contributed by atoms with E-state index < -0.39 is 0 Å². The highest BCUT2D eigenvalue weighted by Gasteiger charge is 2.36. The monoisotopic (exact) mass is 648 g/mol. The first-order chi connectivity index (χ1) is 23.7. The number of benzene rings is 6. The minimum atomic E-state index is 0.176. The Labute approximate surface area is 288 Å². The van der Waals surface area contributed by atoms with E-state index in [-0.39, 0.29) is 11.8 Å². The molecule has 0 N–H and O–H groups in total. The normalized spacial score (nSPS) is 20.2. The van der Waals surface area contributed by atoms with Crippen LogP contribution < -0.4 is 0 Å². The molecule has 0 bridgehead atoms. The van der Waals surface area contributed by atoms with Crippen LogP contribution in [0.5, 0.6) is 0 Å². The molecular weight excluding hydrogens is 617 g/mol. The van der Waals surface area contributed by atoms with Gasteiger partial charge in [-0.1, -0.05) is 145 Å². The van der Waals surface area contributed by atoms with Crippen molar-refractivity contribution in [3.63, 3.8) is 0 Å². The van der Waals surface area contributed by atoms with Gasteiger partial charge < -0.3 is 0 Å². The lowest BCUT2D eigenvalue weighted by Gasteiger charge is -2.29. The Bertz CT molecular complexity index is 2620. The van der Waals surface area contributed by atoms with Crippen molar-refractivity contribution in [1.29, 1.82) is 0 Å². The first kappa shape index (κ1) is 28.2. The van der Waals surface area contributed by atoms with Gasteiger partial charge in [-0.3, -0.25) is 0 Å². The summed E-state index contributed by atoms with van der Waals surface area (Å²) in [5.74, 6) is 0.744. The van der Waals surface area contributed by atoms with E-state index in [1.807, 2.05) is 23.1 Å². The summed E-state index contributed by atoms with van der Waals surface area (Å²) in [7, 11) is 0. The van der Waals surface area contributed by atoms with Crippen LogP contribution in [0, 0.1) is 11.8 Å². The summed E-state index contributed by atoms with van der Waals surface area (Å²) in [6.07, 6.45) is 16.7. The Morgan fingerprint density at radius 1 is 0.625 bits per heavy atom. The Morgan fingerprint density at radius 2 is 1.25 bits per heavy atom. The van der Waals surface area contributed by atoms with Crippen LogP contribution in [0.1, 0.15) is 29.0 Å². The molecule has 6 aromatic carbocycles. The van der Waals surface area contributed by atoms with E-state index in [0.717, 1.165) is 6.42 Å². The van der Waals surface area contributed by atoms with E-state index in [0.29, 0.717) is 5.92 Å². The van der Waals surface area contributed by atoms with Gasteiger partial charge in [0.2, 0.25) is 0 Å². The van der Waals surface area contributed by atoms with Crippen LogP contribution in [0.4, 0.5) is 0 Å². The molecule has 10 rings (SSSR count). The van der Waals surface area contributed by atoms with Crippen molar-refractivity contribution in [2.24, 2.45) is 11.8 Å². The third-order valence-electron chi connectivity index (χ3n) is 10.8. The summed E-state index contributed by atoms with van der Waals surface area (Å²) in [4.78, 5) is 2.93. The van der Waals surface area contributed by atoms with E-state index in [1.165, 1.54) is 90.1 Å². The van der Waals surface area contributed by atoms with E-state index in [1.54, 1.807) is 0 Å². The van der Waals surface area contributed by atoms with Crippen LogP contribution >= 0.6 is 23.1 Å². The van der Waals surface area contributed by atoms with Gasteiger partial charge in [0.1, 0.15) is 0 Å². The predicted octanol–water partition coefficient (Wildman–Crippen LogP) is 13.6. The fraction of sp³-hybridized carbons (Fsp3) is 0.0870. The minimum Gasteiger partial charge on any atom is -0.134 e. The van der Waals surface area contributed by atoms with Crippen molar-refractivity contribution in [1.82, 2.24) is 0 Å². The van der Waals surface area contributed by atoms with Crippen LogP contribution in [0.3, 0.4) is 0 Å². The maximum absolute atomic E-state index is 4.27. The minimum absolute atomic E-state index is 0.176. The van der Waals surface area contributed by atoms with Gasteiger partial charge in [-0.25, -0.2) is 0 Å². The zero-order chi connectivity index (χ0) is 31.9. The summed E-state index contributed by atoms with van der Waals surface area (Å²) in [5, 5.41) is 10.8. The first-order valence-corrected chi connectivity index (χ1v) is 18.4. The third-order valence-corrected chi connectivity index (χ3v) is 13.4. The molecule has 0 fully saturated rings. The van der Waals surface area contributed by atoms with Gasteiger partial charge >= 0.3 is 0 Å².